The smallest absolute Gasteiger partial charge is 0.106 e. The molecule has 0 aliphatic heterocycles. The quantitative estimate of drug-likeness (QED) is 0.600. The van der Waals surface area contributed by atoms with Crippen molar-refractivity contribution in [1.82, 2.24) is 4.98 Å². The highest BCUT2D eigenvalue weighted by atomic mass is 16.3. The fourth-order valence-corrected chi connectivity index (χ4v) is 5.74. The highest BCUT2D eigenvalue weighted by Gasteiger charge is 2.37. The van der Waals surface area contributed by atoms with Gasteiger partial charge < -0.3 is 10.2 Å². The van der Waals surface area contributed by atoms with Crippen LogP contribution in [0.3, 0.4) is 0 Å². The largest absolute Gasteiger partial charge is 0.388 e. The lowest BCUT2D eigenvalue weighted by atomic mass is 9.72. The molecule has 0 saturated heterocycles. The van der Waals surface area contributed by atoms with Crippen LogP contribution >= 0.6 is 0 Å². The normalized spacial score (nSPS) is 22.4. The molecule has 1 saturated carbocycles. The average Bonchev–Trinajstić information content (AvgIpc) is 3.20. The van der Waals surface area contributed by atoms with E-state index in [0.717, 1.165) is 59.3 Å². The number of hydrogen-bond donors (Lipinski definition) is 2. The number of aromatic nitrogens is 1. The summed E-state index contributed by atoms with van der Waals surface area (Å²) >= 11 is 0. The van der Waals surface area contributed by atoms with Crippen molar-refractivity contribution < 1.29 is 10.2 Å². The van der Waals surface area contributed by atoms with Crippen LogP contribution in [0.5, 0.6) is 0 Å². The number of hydrogen-bond acceptors (Lipinski definition) is 3. The molecule has 0 bridgehead atoms. The van der Waals surface area contributed by atoms with Gasteiger partial charge in [-0.05, 0) is 60.1 Å². The van der Waals surface area contributed by atoms with Crippen LogP contribution in [0.15, 0.2) is 24.3 Å². The predicted molar refractivity (Wildman–Crippen MR) is 126 cm³/mol. The molecule has 168 valence electrons. The third-order valence-corrected chi connectivity index (χ3v) is 7.46. The Kier molecular flexibility index (Phi) is 5.81. The Morgan fingerprint density at radius 2 is 1.81 bits per heavy atom. The maximum absolute atomic E-state index is 11.7. The molecule has 2 aromatic rings. The Morgan fingerprint density at radius 3 is 2.45 bits per heavy atom. The molecule has 3 heteroatoms. The van der Waals surface area contributed by atoms with Crippen molar-refractivity contribution in [2.24, 2.45) is 5.41 Å². The van der Waals surface area contributed by atoms with Gasteiger partial charge in [-0.2, -0.15) is 0 Å². The molecule has 2 N–H and O–H groups in total. The molecule has 4 rings (SSSR count). The van der Waals surface area contributed by atoms with E-state index in [-0.39, 0.29) is 10.8 Å². The number of aliphatic hydroxyl groups excluding tert-OH is 2. The van der Waals surface area contributed by atoms with Crippen LogP contribution in [0.4, 0.5) is 0 Å². The first-order chi connectivity index (χ1) is 14.5. The summed E-state index contributed by atoms with van der Waals surface area (Å²) in [4.78, 5) is 5.20. The maximum Gasteiger partial charge on any atom is 0.106 e. The molecule has 0 spiro atoms. The molecule has 3 nitrogen and oxygen atoms in total. The van der Waals surface area contributed by atoms with Crippen molar-refractivity contribution in [3.8, 4) is 0 Å². The molecule has 1 aromatic carbocycles. The zero-order valence-corrected chi connectivity index (χ0v) is 20.1. The van der Waals surface area contributed by atoms with E-state index in [9.17, 15) is 10.2 Å². The second kappa shape index (κ2) is 8.01. The first kappa shape index (κ1) is 22.5. The lowest BCUT2D eigenvalue weighted by Crippen LogP contribution is -2.29. The van der Waals surface area contributed by atoms with Crippen LogP contribution in [0.2, 0.25) is 0 Å². The van der Waals surface area contributed by atoms with Gasteiger partial charge in [-0.15, -0.1) is 0 Å². The van der Waals surface area contributed by atoms with Crippen LogP contribution in [-0.4, -0.2) is 15.2 Å². The number of fused-ring (bicyclic) bond motifs is 1. The van der Waals surface area contributed by atoms with Gasteiger partial charge in [0.2, 0.25) is 0 Å². The van der Waals surface area contributed by atoms with E-state index in [1.54, 1.807) is 0 Å². The molecular weight excluding hydrogens is 382 g/mol. The molecule has 31 heavy (non-hydrogen) atoms. The van der Waals surface area contributed by atoms with Gasteiger partial charge in [-0.3, -0.25) is 4.98 Å². The van der Waals surface area contributed by atoms with Crippen molar-refractivity contribution in [1.29, 1.82) is 0 Å². The average molecular weight is 422 g/mol. The van der Waals surface area contributed by atoms with Crippen LogP contribution in [-0.2, 0) is 11.8 Å². The van der Waals surface area contributed by atoms with Crippen LogP contribution in [0.1, 0.15) is 124 Å². The molecule has 0 amide bonds. The summed E-state index contributed by atoms with van der Waals surface area (Å²) in [6.07, 6.45) is 5.11. The van der Waals surface area contributed by atoms with Crippen molar-refractivity contribution in [3.05, 3.63) is 63.5 Å². The van der Waals surface area contributed by atoms with E-state index in [2.05, 4.69) is 53.7 Å². The molecule has 0 radical (unpaired) electrons. The SMILES string of the molecule is Cc1c2c(nc(C3CCCC3)c1C(O)c1cccc(C(C)(C)C)c1)CC(C)(C)CC2O. The summed E-state index contributed by atoms with van der Waals surface area (Å²) in [6, 6.07) is 8.35. The number of benzene rings is 1. The summed E-state index contributed by atoms with van der Waals surface area (Å²) in [5, 5.41) is 22.7. The van der Waals surface area contributed by atoms with Gasteiger partial charge in [0.15, 0.2) is 0 Å². The summed E-state index contributed by atoms with van der Waals surface area (Å²) in [5.41, 5.74) is 7.27. The van der Waals surface area contributed by atoms with Crippen LogP contribution in [0.25, 0.3) is 0 Å². The highest BCUT2D eigenvalue weighted by molar-refractivity contribution is 5.48. The lowest BCUT2D eigenvalue weighted by molar-refractivity contribution is 0.0968. The van der Waals surface area contributed by atoms with E-state index < -0.39 is 12.2 Å². The summed E-state index contributed by atoms with van der Waals surface area (Å²) in [7, 11) is 0. The molecule has 1 heterocycles. The Morgan fingerprint density at radius 1 is 1.13 bits per heavy atom. The van der Waals surface area contributed by atoms with Crippen LogP contribution in [0, 0.1) is 12.3 Å². The third-order valence-electron chi connectivity index (χ3n) is 7.46. The second-order valence-corrected chi connectivity index (χ2v) is 11.7. The molecule has 1 aromatic heterocycles. The standard InChI is InChI=1S/C28H39NO2/c1-17-23-21(15-28(5,6)16-22(23)30)29-25(18-10-7-8-11-18)24(17)26(31)19-12-9-13-20(14-19)27(2,3)4/h9,12-14,18,22,26,30-31H,7-8,10-11,15-16H2,1-6H3. The van der Waals surface area contributed by atoms with Crippen LogP contribution < -0.4 is 0 Å². The van der Waals surface area contributed by atoms with E-state index in [0.29, 0.717) is 5.92 Å². The van der Waals surface area contributed by atoms with Crippen molar-refractivity contribution in [2.75, 3.05) is 0 Å². The molecule has 1 fully saturated rings. The zero-order valence-electron chi connectivity index (χ0n) is 20.1. The molecule has 2 unspecified atom stereocenters. The minimum Gasteiger partial charge on any atom is -0.388 e. The fraction of sp³-hybridized carbons (Fsp3) is 0.607. The minimum atomic E-state index is -0.724. The fourth-order valence-electron chi connectivity index (χ4n) is 5.74. The summed E-state index contributed by atoms with van der Waals surface area (Å²) in [6.45, 7) is 13.1. The number of nitrogens with zero attached hydrogens (tertiary/aromatic N) is 1. The number of pyridine rings is 1. The van der Waals surface area contributed by atoms with E-state index in [4.69, 9.17) is 4.98 Å². The molecule has 2 aliphatic rings. The summed E-state index contributed by atoms with van der Waals surface area (Å²) < 4.78 is 0. The highest BCUT2D eigenvalue weighted by Crippen LogP contribution is 2.46. The maximum atomic E-state index is 11.7. The molecule has 2 atom stereocenters. The first-order valence-electron chi connectivity index (χ1n) is 12.0. The third kappa shape index (κ3) is 4.32. The monoisotopic (exact) mass is 421 g/mol. The Balaban J connectivity index is 1.88. The van der Waals surface area contributed by atoms with Gasteiger partial charge in [-0.25, -0.2) is 0 Å². The molecule has 2 aliphatic carbocycles. The van der Waals surface area contributed by atoms with Gasteiger partial charge in [0.05, 0.1) is 11.8 Å². The van der Waals surface area contributed by atoms with Gasteiger partial charge >= 0.3 is 0 Å². The Hall–Kier alpha value is -1.71. The molecular formula is C28H39NO2. The van der Waals surface area contributed by atoms with E-state index >= 15 is 0 Å². The van der Waals surface area contributed by atoms with Gasteiger partial charge in [0.1, 0.15) is 6.10 Å². The first-order valence-corrected chi connectivity index (χ1v) is 12.0. The predicted octanol–water partition coefficient (Wildman–Crippen LogP) is 6.43. The second-order valence-electron chi connectivity index (χ2n) is 11.7. The number of aliphatic hydroxyl groups is 2. The van der Waals surface area contributed by atoms with Gasteiger partial charge in [0.25, 0.3) is 0 Å². The lowest BCUT2D eigenvalue weighted by Gasteiger charge is -2.37. The summed E-state index contributed by atoms with van der Waals surface area (Å²) in [5.74, 6) is 0.404. The van der Waals surface area contributed by atoms with Crippen molar-refractivity contribution in [3.63, 3.8) is 0 Å². The van der Waals surface area contributed by atoms with E-state index in [1.807, 2.05) is 12.1 Å². The van der Waals surface area contributed by atoms with Gasteiger partial charge in [0, 0.05) is 22.7 Å². The Bertz CT molecular complexity index is 964. The van der Waals surface area contributed by atoms with Crippen molar-refractivity contribution >= 4 is 0 Å². The van der Waals surface area contributed by atoms with Crippen molar-refractivity contribution in [2.45, 2.75) is 104 Å². The van der Waals surface area contributed by atoms with Gasteiger partial charge in [-0.1, -0.05) is 71.7 Å². The minimum absolute atomic E-state index is 0.0228. The van der Waals surface area contributed by atoms with E-state index in [1.165, 1.54) is 18.4 Å². The Labute approximate surface area is 187 Å². The number of rotatable bonds is 3. The zero-order chi connectivity index (χ0) is 22.6. The topological polar surface area (TPSA) is 53.4 Å².